The molecule has 0 aliphatic heterocycles. The normalized spacial score (nSPS) is 12.3. The van der Waals surface area contributed by atoms with Crippen molar-refractivity contribution in [2.75, 3.05) is 0 Å². The molecule has 0 N–H and O–H groups in total. The van der Waals surface area contributed by atoms with E-state index < -0.39 is 36.3 Å². The zero-order chi connectivity index (χ0) is 19.8. The number of nitrogens with zero attached hydrogens (tertiary/aromatic N) is 4. The molecule has 0 spiro atoms. The van der Waals surface area contributed by atoms with Crippen LogP contribution in [0.25, 0.3) is 11.4 Å². The molecule has 0 amide bonds. The Morgan fingerprint density at radius 3 is 2.19 bits per heavy atom. The monoisotopic (exact) mass is 394 g/mol. The first-order valence-electron chi connectivity index (χ1n) is 7.29. The van der Waals surface area contributed by atoms with E-state index >= 15 is 0 Å². The van der Waals surface area contributed by atoms with E-state index in [9.17, 15) is 30.7 Å². The van der Waals surface area contributed by atoms with Crippen molar-refractivity contribution in [3.8, 4) is 11.4 Å². The quantitative estimate of drug-likeness (QED) is 0.579. The first kappa shape index (κ1) is 18.9. The molecule has 3 aromatic rings. The van der Waals surface area contributed by atoms with Crippen LogP contribution in [0, 0.1) is 0 Å². The summed E-state index contributed by atoms with van der Waals surface area (Å²) in [7, 11) is 0. The lowest BCUT2D eigenvalue weighted by atomic mass is 10.1. The Balaban J connectivity index is 1.81. The maximum atomic E-state index is 13.0. The Morgan fingerprint density at radius 1 is 1.00 bits per heavy atom. The molecule has 0 aliphatic carbocycles. The molecule has 1 aromatic carbocycles. The number of benzene rings is 1. The number of aromatic nitrogens is 4. The van der Waals surface area contributed by atoms with Gasteiger partial charge in [0, 0.05) is 5.56 Å². The second-order valence-corrected chi connectivity index (χ2v) is 5.37. The molecule has 0 unspecified atom stereocenters. The summed E-state index contributed by atoms with van der Waals surface area (Å²) in [6.07, 6.45) is -10.8. The molecule has 0 aliphatic rings. The lowest BCUT2D eigenvalue weighted by Gasteiger charge is -2.07. The highest BCUT2D eigenvalue weighted by Gasteiger charge is 2.38. The van der Waals surface area contributed by atoms with Crippen molar-refractivity contribution in [1.29, 1.82) is 0 Å². The van der Waals surface area contributed by atoms with Crippen molar-refractivity contribution in [1.82, 2.24) is 19.9 Å². The third-order valence-corrected chi connectivity index (χ3v) is 3.49. The molecule has 2 heterocycles. The minimum absolute atomic E-state index is 0.195. The minimum atomic E-state index is -4.78. The van der Waals surface area contributed by atoms with Crippen LogP contribution < -0.4 is 0 Å². The van der Waals surface area contributed by atoms with Gasteiger partial charge in [-0.15, -0.1) is 0 Å². The molecule has 0 atom stereocenters. The molecule has 0 saturated carbocycles. The molecule has 3 rings (SSSR count). The number of hydrogen-bond donors (Lipinski definition) is 0. The lowest BCUT2D eigenvalue weighted by molar-refractivity contribution is -0.159. The summed E-state index contributed by atoms with van der Waals surface area (Å²) >= 11 is 0. The standard InChI is InChI=1S/C15H9F7N4O/c16-11(17)9-5-10(12(18)19)26(24-9)6-7-1-3-8(4-2-7)13-23-14(27-25-13)15(20,21)22/h1-5,11-12H,6H2. The summed E-state index contributed by atoms with van der Waals surface area (Å²) in [5.41, 5.74) is -0.833. The molecular weight excluding hydrogens is 385 g/mol. The third-order valence-electron chi connectivity index (χ3n) is 3.49. The second kappa shape index (κ2) is 7.00. The van der Waals surface area contributed by atoms with Gasteiger partial charge in [-0.3, -0.25) is 4.68 Å². The summed E-state index contributed by atoms with van der Waals surface area (Å²) in [5, 5.41) is 6.68. The van der Waals surface area contributed by atoms with Gasteiger partial charge >= 0.3 is 12.1 Å². The van der Waals surface area contributed by atoms with Crippen LogP contribution in [0.2, 0.25) is 0 Å². The van der Waals surface area contributed by atoms with Crippen molar-refractivity contribution in [3.63, 3.8) is 0 Å². The van der Waals surface area contributed by atoms with E-state index in [4.69, 9.17) is 0 Å². The van der Waals surface area contributed by atoms with Gasteiger partial charge in [0.05, 0.1) is 6.54 Å². The maximum absolute atomic E-state index is 13.0. The molecule has 0 saturated heterocycles. The van der Waals surface area contributed by atoms with Crippen LogP contribution in [0.4, 0.5) is 30.7 Å². The average molecular weight is 394 g/mol. The average Bonchev–Trinajstić information content (AvgIpc) is 3.22. The fourth-order valence-corrected chi connectivity index (χ4v) is 2.25. The Labute approximate surface area is 146 Å². The first-order valence-corrected chi connectivity index (χ1v) is 7.29. The molecule has 144 valence electrons. The molecule has 5 nitrogen and oxygen atoms in total. The summed E-state index contributed by atoms with van der Waals surface area (Å²) in [6, 6.07) is 6.12. The first-order chi connectivity index (χ1) is 12.6. The van der Waals surface area contributed by atoms with Crippen LogP contribution in [0.15, 0.2) is 34.9 Å². The lowest BCUT2D eigenvalue weighted by Crippen LogP contribution is -2.07. The Morgan fingerprint density at radius 2 is 1.67 bits per heavy atom. The van der Waals surface area contributed by atoms with Crippen molar-refractivity contribution >= 4 is 0 Å². The molecule has 27 heavy (non-hydrogen) atoms. The Bertz CT molecular complexity index is 915. The molecular formula is C15H9F7N4O. The van der Waals surface area contributed by atoms with Crippen LogP contribution in [0.3, 0.4) is 0 Å². The van der Waals surface area contributed by atoms with Crippen molar-refractivity contribution in [2.24, 2.45) is 0 Å². The van der Waals surface area contributed by atoms with Gasteiger partial charge in [-0.1, -0.05) is 29.4 Å². The minimum Gasteiger partial charge on any atom is -0.329 e. The fraction of sp³-hybridized carbons (Fsp3) is 0.267. The number of alkyl halides is 7. The van der Waals surface area contributed by atoms with Crippen molar-refractivity contribution < 1.29 is 35.3 Å². The van der Waals surface area contributed by atoms with Gasteiger partial charge in [-0.05, 0) is 11.6 Å². The summed E-state index contributed by atoms with van der Waals surface area (Å²) in [5.74, 6) is -1.81. The van der Waals surface area contributed by atoms with E-state index in [0.29, 0.717) is 11.6 Å². The van der Waals surface area contributed by atoms with E-state index in [2.05, 4.69) is 19.8 Å². The maximum Gasteiger partial charge on any atom is 0.471 e. The van der Waals surface area contributed by atoms with E-state index in [1.54, 1.807) is 0 Å². The third kappa shape index (κ3) is 4.09. The van der Waals surface area contributed by atoms with Gasteiger partial charge < -0.3 is 4.52 Å². The predicted molar refractivity (Wildman–Crippen MR) is 76.0 cm³/mol. The fourth-order valence-electron chi connectivity index (χ4n) is 2.25. The van der Waals surface area contributed by atoms with Crippen LogP contribution in [-0.4, -0.2) is 19.9 Å². The summed E-state index contributed by atoms with van der Waals surface area (Å²) < 4.78 is 93.5. The van der Waals surface area contributed by atoms with Gasteiger partial charge in [0.1, 0.15) is 11.4 Å². The molecule has 0 bridgehead atoms. The number of rotatable bonds is 5. The van der Waals surface area contributed by atoms with Gasteiger partial charge in [0.2, 0.25) is 5.82 Å². The Kier molecular flexibility index (Phi) is 4.89. The summed E-state index contributed by atoms with van der Waals surface area (Å²) in [6.45, 7) is -0.229. The molecule has 2 aromatic heterocycles. The molecule has 0 radical (unpaired) electrons. The van der Waals surface area contributed by atoms with Gasteiger partial charge in [-0.2, -0.15) is 23.3 Å². The van der Waals surface area contributed by atoms with E-state index in [1.807, 2.05) is 0 Å². The van der Waals surface area contributed by atoms with Gasteiger partial charge in [0.25, 0.3) is 12.9 Å². The largest absolute Gasteiger partial charge is 0.471 e. The zero-order valence-electron chi connectivity index (χ0n) is 13.1. The highest BCUT2D eigenvalue weighted by molar-refractivity contribution is 5.54. The van der Waals surface area contributed by atoms with Crippen LogP contribution in [0.1, 0.15) is 35.7 Å². The zero-order valence-corrected chi connectivity index (χ0v) is 13.1. The van der Waals surface area contributed by atoms with Crippen molar-refractivity contribution in [2.45, 2.75) is 25.6 Å². The molecule has 12 heteroatoms. The van der Waals surface area contributed by atoms with Gasteiger partial charge in [-0.25, -0.2) is 17.6 Å². The predicted octanol–water partition coefficient (Wildman–Crippen LogP) is 4.88. The van der Waals surface area contributed by atoms with Crippen LogP contribution >= 0.6 is 0 Å². The smallest absolute Gasteiger partial charge is 0.329 e. The number of hydrogen-bond acceptors (Lipinski definition) is 4. The summed E-state index contributed by atoms with van der Waals surface area (Å²) in [4.78, 5) is 3.22. The van der Waals surface area contributed by atoms with Crippen molar-refractivity contribution in [3.05, 3.63) is 53.2 Å². The highest BCUT2D eigenvalue weighted by atomic mass is 19.4. The SMILES string of the molecule is FC(F)c1cc(C(F)F)n(Cc2ccc(-c3noc(C(F)(F)F)n3)cc2)n1. The van der Waals surface area contributed by atoms with E-state index in [1.165, 1.54) is 24.3 Å². The second-order valence-electron chi connectivity index (χ2n) is 5.37. The van der Waals surface area contributed by atoms with E-state index in [0.717, 1.165) is 4.68 Å². The van der Waals surface area contributed by atoms with E-state index in [-0.39, 0.29) is 17.9 Å². The van der Waals surface area contributed by atoms with Gasteiger partial charge in [0.15, 0.2) is 0 Å². The number of halogens is 7. The van der Waals surface area contributed by atoms with Crippen LogP contribution in [-0.2, 0) is 12.7 Å². The topological polar surface area (TPSA) is 56.7 Å². The van der Waals surface area contributed by atoms with Crippen LogP contribution in [0.5, 0.6) is 0 Å². The highest BCUT2D eigenvalue weighted by Crippen LogP contribution is 2.30. The Hall–Kier alpha value is -2.92. The molecule has 0 fully saturated rings.